The third-order valence-electron chi connectivity index (χ3n) is 6.13. The van der Waals surface area contributed by atoms with E-state index >= 15 is 0 Å². The number of hydrogen-bond acceptors (Lipinski definition) is 5. The van der Waals surface area contributed by atoms with Crippen molar-refractivity contribution < 1.29 is 14.4 Å². The van der Waals surface area contributed by atoms with E-state index in [1.165, 1.54) is 0 Å². The van der Waals surface area contributed by atoms with Gasteiger partial charge in [-0.15, -0.1) is 0 Å². The molecule has 2 saturated heterocycles. The van der Waals surface area contributed by atoms with E-state index in [0.29, 0.717) is 30.8 Å². The van der Waals surface area contributed by atoms with Gasteiger partial charge in [0.15, 0.2) is 0 Å². The molecule has 0 bridgehead atoms. The largest absolute Gasteiger partial charge is 0.350 e. The molecule has 8 heteroatoms. The smallest absolute Gasteiger partial charge is 0.322 e. The zero-order valence-electron chi connectivity index (χ0n) is 18.2. The molecule has 2 atom stereocenters. The Labute approximate surface area is 181 Å². The minimum atomic E-state index is -1.13. The molecule has 2 unspecified atom stereocenters. The maximum absolute atomic E-state index is 13.1. The first-order chi connectivity index (χ1) is 14.7. The zero-order valence-corrected chi connectivity index (χ0v) is 18.2. The molecule has 3 heterocycles. The van der Waals surface area contributed by atoms with Crippen molar-refractivity contribution in [3.05, 3.63) is 58.8 Å². The lowest BCUT2D eigenvalue weighted by Crippen LogP contribution is -2.54. The highest BCUT2D eigenvalue weighted by Gasteiger charge is 2.43. The summed E-state index contributed by atoms with van der Waals surface area (Å²) in [4.78, 5) is 45.4. The first kappa shape index (κ1) is 20.8. The van der Waals surface area contributed by atoms with E-state index in [9.17, 15) is 14.4 Å². The summed E-state index contributed by atoms with van der Waals surface area (Å²) in [7, 11) is 0. The summed E-state index contributed by atoms with van der Waals surface area (Å²) in [5, 5.41) is 4.89. The Balaban J connectivity index is 1.46. The Kier molecular flexibility index (Phi) is 5.16. The normalized spacial score (nSPS) is 23.5. The Morgan fingerprint density at radius 2 is 1.87 bits per heavy atom. The summed E-state index contributed by atoms with van der Waals surface area (Å²) in [5.74, 6) is 0.526. The van der Waals surface area contributed by atoms with Gasteiger partial charge < -0.3 is 15.1 Å². The van der Waals surface area contributed by atoms with Gasteiger partial charge in [0.25, 0.3) is 11.8 Å². The van der Waals surface area contributed by atoms with Crippen molar-refractivity contribution in [2.75, 3.05) is 24.5 Å². The number of anilines is 1. The van der Waals surface area contributed by atoms with Crippen molar-refractivity contribution in [3.8, 4) is 0 Å². The lowest BCUT2D eigenvalue weighted by Gasteiger charge is -2.41. The van der Waals surface area contributed by atoms with Gasteiger partial charge in [0, 0.05) is 37.4 Å². The molecule has 1 aromatic heterocycles. The summed E-state index contributed by atoms with van der Waals surface area (Å²) < 4.78 is 0. The van der Waals surface area contributed by atoms with Crippen LogP contribution >= 0.6 is 0 Å². The van der Waals surface area contributed by atoms with Crippen LogP contribution in [0.3, 0.4) is 0 Å². The molecule has 0 aliphatic carbocycles. The third-order valence-corrected chi connectivity index (χ3v) is 6.13. The van der Waals surface area contributed by atoms with Crippen LogP contribution in [-0.2, 0) is 10.3 Å². The van der Waals surface area contributed by atoms with Crippen molar-refractivity contribution in [3.63, 3.8) is 0 Å². The number of carbonyl (C=O) groups excluding carboxylic acids is 3. The summed E-state index contributed by atoms with van der Waals surface area (Å²) in [6.45, 7) is 9.77. The number of hydrogen-bond donors (Lipinski definition) is 2. The van der Waals surface area contributed by atoms with Gasteiger partial charge in [-0.25, -0.2) is 9.78 Å². The fourth-order valence-corrected chi connectivity index (χ4v) is 4.34. The summed E-state index contributed by atoms with van der Waals surface area (Å²) in [5.41, 5.74) is 2.33. The first-order valence-corrected chi connectivity index (χ1v) is 10.4. The van der Waals surface area contributed by atoms with E-state index in [1.807, 2.05) is 18.0 Å². The van der Waals surface area contributed by atoms with E-state index in [-0.39, 0.29) is 11.9 Å². The SMILES string of the molecule is Cc1cnc(N2CCN(C(=O)c3ccc(C4(C)NC(=O)NC4=O)cc3)CC2C)c(C)c1. The third kappa shape index (κ3) is 3.73. The Hall–Kier alpha value is -3.42. The standard InChI is InChI=1S/C23H27N5O3/c1-14-11-15(2)19(24-12-14)28-10-9-27(13-16(28)3)20(29)17-5-7-18(8-6-17)23(4)21(30)25-22(31)26-23/h5-8,11-12,16H,9-10,13H2,1-4H3,(H2,25,26,30,31). The molecule has 4 amide bonds. The summed E-state index contributed by atoms with van der Waals surface area (Å²) in [6, 6.07) is 8.61. The maximum Gasteiger partial charge on any atom is 0.322 e. The molecular weight excluding hydrogens is 394 g/mol. The number of nitrogens with zero attached hydrogens (tertiary/aromatic N) is 3. The molecule has 31 heavy (non-hydrogen) atoms. The van der Waals surface area contributed by atoms with Gasteiger partial charge in [0.05, 0.1) is 0 Å². The number of pyridine rings is 1. The number of imide groups is 1. The minimum Gasteiger partial charge on any atom is -0.350 e. The molecule has 0 radical (unpaired) electrons. The van der Waals surface area contributed by atoms with Crippen LogP contribution in [0, 0.1) is 13.8 Å². The van der Waals surface area contributed by atoms with E-state index in [2.05, 4.69) is 40.4 Å². The van der Waals surface area contributed by atoms with Gasteiger partial charge in [0.2, 0.25) is 0 Å². The maximum atomic E-state index is 13.1. The van der Waals surface area contributed by atoms with Crippen LogP contribution in [0.1, 0.15) is 40.9 Å². The zero-order chi connectivity index (χ0) is 22.3. The van der Waals surface area contributed by atoms with Crippen LogP contribution in [0.5, 0.6) is 0 Å². The second kappa shape index (κ2) is 7.68. The van der Waals surface area contributed by atoms with Gasteiger partial charge in [-0.05, 0) is 56.5 Å². The highest BCUT2D eigenvalue weighted by molar-refractivity contribution is 6.07. The number of aromatic nitrogens is 1. The molecule has 0 spiro atoms. The van der Waals surface area contributed by atoms with Gasteiger partial charge in [-0.3, -0.25) is 14.9 Å². The van der Waals surface area contributed by atoms with Crippen LogP contribution in [0.15, 0.2) is 36.5 Å². The molecule has 2 aliphatic rings. The Morgan fingerprint density at radius 3 is 2.45 bits per heavy atom. The molecule has 2 N–H and O–H groups in total. The van der Waals surface area contributed by atoms with E-state index in [1.54, 1.807) is 31.2 Å². The number of piperazine rings is 1. The van der Waals surface area contributed by atoms with Crippen molar-refractivity contribution in [2.45, 2.75) is 39.3 Å². The van der Waals surface area contributed by atoms with Crippen LogP contribution in [0.4, 0.5) is 10.6 Å². The van der Waals surface area contributed by atoms with Crippen molar-refractivity contribution in [1.82, 2.24) is 20.5 Å². The molecule has 2 aromatic rings. The lowest BCUT2D eigenvalue weighted by molar-refractivity contribution is -0.123. The quantitative estimate of drug-likeness (QED) is 0.741. The van der Waals surface area contributed by atoms with Crippen molar-refractivity contribution in [2.24, 2.45) is 0 Å². The van der Waals surface area contributed by atoms with E-state index in [4.69, 9.17) is 0 Å². The Morgan fingerprint density at radius 1 is 1.16 bits per heavy atom. The average molecular weight is 422 g/mol. The number of urea groups is 1. The molecule has 8 nitrogen and oxygen atoms in total. The van der Waals surface area contributed by atoms with Crippen molar-refractivity contribution in [1.29, 1.82) is 0 Å². The van der Waals surface area contributed by atoms with Crippen LogP contribution in [0.2, 0.25) is 0 Å². The average Bonchev–Trinajstić information content (AvgIpc) is 3.00. The van der Waals surface area contributed by atoms with Crippen LogP contribution in [-0.4, -0.2) is 53.4 Å². The van der Waals surface area contributed by atoms with Gasteiger partial charge in [-0.2, -0.15) is 0 Å². The molecular formula is C23H27N5O3. The first-order valence-electron chi connectivity index (χ1n) is 10.4. The topological polar surface area (TPSA) is 94.6 Å². The molecule has 2 aliphatic heterocycles. The number of nitrogens with one attached hydrogen (secondary N) is 2. The molecule has 1 aromatic carbocycles. The van der Waals surface area contributed by atoms with E-state index < -0.39 is 17.5 Å². The molecule has 0 saturated carbocycles. The highest BCUT2D eigenvalue weighted by atomic mass is 16.2. The fraction of sp³-hybridized carbons (Fsp3) is 0.391. The predicted molar refractivity (Wildman–Crippen MR) is 117 cm³/mol. The highest BCUT2D eigenvalue weighted by Crippen LogP contribution is 2.26. The Bertz CT molecular complexity index is 1050. The summed E-state index contributed by atoms with van der Waals surface area (Å²) >= 11 is 0. The number of aryl methyl sites for hydroxylation is 2. The molecule has 162 valence electrons. The number of rotatable bonds is 3. The second-order valence-electron chi connectivity index (χ2n) is 8.56. The van der Waals surface area contributed by atoms with Gasteiger partial charge in [-0.1, -0.05) is 18.2 Å². The van der Waals surface area contributed by atoms with Crippen LogP contribution < -0.4 is 15.5 Å². The lowest BCUT2D eigenvalue weighted by atomic mass is 9.91. The number of carbonyl (C=O) groups is 3. The predicted octanol–water partition coefficient (Wildman–Crippen LogP) is 2.10. The number of benzene rings is 1. The van der Waals surface area contributed by atoms with Crippen molar-refractivity contribution >= 4 is 23.7 Å². The monoisotopic (exact) mass is 421 g/mol. The second-order valence-corrected chi connectivity index (χ2v) is 8.56. The van der Waals surface area contributed by atoms with Gasteiger partial charge >= 0.3 is 6.03 Å². The summed E-state index contributed by atoms with van der Waals surface area (Å²) in [6.07, 6.45) is 1.88. The number of amides is 4. The van der Waals surface area contributed by atoms with Gasteiger partial charge in [0.1, 0.15) is 11.4 Å². The van der Waals surface area contributed by atoms with Crippen LogP contribution in [0.25, 0.3) is 0 Å². The molecule has 2 fully saturated rings. The fourth-order valence-electron chi connectivity index (χ4n) is 4.34. The van der Waals surface area contributed by atoms with E-state index in [0.717, 1.165) is 16.9 Å². The minimum absolute atomic E-state index is 0.0447. The molecule has 4 rings (SSSR count).